The van der Waals surface area contributed by atoms with Crippen molar-refractivity contribution in [3.05, 3.63) is 58.2 Å². The summed E-state index contributed by atoms with van der Waals surface area (Å²) in [6.07, 6.45) is 1.26. The minimum absolute atomic E-state index is 0.00230. The number of thiol groups is 1. The van der Waals surface area contributed by atoms with Gasteiger partial charge in [-0.15, -0.1) is 0 Å². The number of rotatable bonds is 4. The zero-order chi connectivity index (χ0) is 18.1. The molecule has 0 saturated carbocycles. The van der Waals surface area contributed by atoms with Crippen molar-refractivity contribution >= 4 is 54.9 Å². The number of aryl methyl sites for hydroxylation is 1. The molecule has 0 fully saturated rings. The van der Waals surface area contributed by atoms with Crippen LogP contribution in [0.3, 0.4) is 0 Å². The molecule has 0 bridgehead atoms. The Kier molecular flexibility index (Phi) is 4.73. The van der Waals surface area contributed by atoms with Crippen molar-refractivity contribution in [1.82, 2.24) is 4.98 Å². The van der Waals surface area contributed by atoms with E-state index < -0.39 is 16.7 Å². The lowest BCUT2D eigenvalue weighted by molar-refractivity contribution is 0.0698. The molecule has 0 aliphatic carbocycles. The molecule has 128 valence electrons. The lowest BCUT2D eigenvalue weighted by Gasteiger charge is -2.14. The molecule has 6 nitrogen and oxygen atoms in total. The fraction of sp³-hybridized carbons (Fsp3) is 0.0588. The summed E-state index contributed by atoms with van der Waals surface area (Å²) in [4.78, 5) is 15.7. The van der Waals surface area contributed by atoms with Crippen LogP contribution in [0, 0.1) is 6.92 Å². The summed E-state index contributed by atoms with van der Waals surface area (Å²) in [5.41, 5.74) is 2.06. The van der Waals surface area contributed by atoms with Gasteiger partial charge in [-0.25, -0.2) is 13.2 Å². The van der Waals surface area contributed by atoms with E-state index in [0.717, 1.165) is 10.0 Å². The first kappa shape index (κ1) is 17.4. The molecule has 1 aromatic heterocycles. The summed E-state index contributed by atoms with van der Waals surface area (Å²) in [6.45, 7) is 1.79. The van der Waals surface area contributed by atoms with Gasteiger partial charge in [0.2, 0.25) is 0 Å². The number of aromatic nitrogens is 1. The van der Waals surface area contributed by atoms with E-state index in [1.807, 2.05) is 0 Å². The minimum atomic E-state index is -2.91. The third-order valence-corrected chi connectivity index (χ3v) is 4.90. The molecule has 25 heavy (non-hydrogen) atoms. The third-order valence-electron chi connectivity index (χ3n) is 3.67. The highest BCUT2D eigenvalue weighted by atomic mass is 79.9. The van der Waals surface area contributed by atoms with Crippen LogP contribution in [-0.4, -0.2) is 24.5 Å². The van der Waals surface area contributed by atoms with Gasteiger partial charge in [0.1, 0.15) is 4.90 Å². The minimum Gasteiger partial charge on any atom is -0.478 e. The number of carboxylic acid groups (broad SMARTS) is 1. The van der Waals surface area contributed by atoms with Crippen molar-refractivity contribution in [2.24, 2.45) is 0 Å². The maximum absolute atomic E-state index is 11.6. The average Bonchev–Trinajstić information content (AvgIpc) is 2.56. The molecule has 8 heteroatoms. The Labute approximate surface area is 153 Å². The number of carbonyl (C=O) groups is 1. The average molecular weight is 421 g/mol. The van der Waals surface area contributed by atoms with Gasteiger partial charge in [0.15, 0.2) is 10.7 Å². The molecule has 0 spiro atoms. The van der Waals surface area contributed by atoms with Gasteiger partial charge in [0.25, 0.3) is 0 Å². The molecule has 0 atom stereocenters. The number of benzene rings is 2. The first-order valence-corrected chi connectivity index (χ1v) is 9.17. The van der Waals surface area contributed by atoms with Crippen LogP contribution in [0.25, 0.3) is 10.9 Å². The van der Waals surface area contributed by atoms with Gasteiger partial charge in [-0.05, 0) is 37.3 Å². The van der Waals surface area contributed by atoms with Crippen LogP contribution in [0.4, 0.5) is 11.4 Å². The topological polar surface area (TPSA) is 96.4 Å². The zero-order valence-corrected chi connectivity index (χ0v) is 15.5. The molecule has 3 aromatic rings. The van der Waals surface area contributed by atoms with Gasteiger partial charge in [-0.2, -0.15) is 0 Å². The first-order chi connectivity index (χ1) is 11.9. The second-order valence-corrected chi connectivity index (χ2v) is 7.33. The Hall–Kier alpha value is -2.45. The number of hydrogen-bond acceptors (Lipinski definition) is 5. The molecule has 0 aliphatic rings. The van der Waals surface area contributed by atoms with Crippen molar-refractivity contribution in [3.63, 3.8) is 0 Å². The fourth-order valence-corrected chi connectivity index (χ4v) is 3.37. The number of carboxylic acids is 1. The number of fused-ring (bicyclic) bond motifs is 1. The number of halogens is 1. The van der Waals surface area contributed by atoms with Crippen LogP contribution in [0.1, 0.15) is 15.9 Å². The van der Waals surface area contributed by atoms with E-state index >= 15 is 0 Å². The summed E-state index contributed by atoms with van der Waals surface area (Å²) in [5.74, 6) is -1.10. The van der Waals surface area contributed by atoms with Gasteiger partial charge in [0.05, 0.1) is 22.5 Å². The number of nitrogens with one attached hydrogen (secondary N) is 1. The number of aromatic carboxylic acids is 1. The van der Waals surface area contributed by atoms with Crippen LogP contribution >= 0.6 is 15.9 Å². The van der Waals surface area contributed by atoms with Crippen LogP contribution in [0.15, 0.2) is 52.0 Å². The molecular formula is C17H13BrN2O4S. The van der Waals surface area contributed by atoms with Crippen LogP contribution in [0.5, 0.6) is 0 Å². The molecule has 3 rings (SSSR count). The van der Waals surface area contributed by atoms with E-state index in [9.17, 15) is 18.3 Å². The molecule has 0 amide bonds. The van der Waals surface area contributed by atoms with Crippen LogP contribution in [-0.2, 0) is 10.7 Å². The Morgan fingerprint density at radius 3 is 2.64 bits per heavy atom. The van der Waals surface area contributed by atoms with Crippen molar-refractivity contribution in [1.29, 1.82) is 0 Å². The van der Waals surface area contributed by atoms with Crippen LogP contribution < -0.4 is 5.32 Å². The summed E-state index contributed by atoms with van der Waals surface area (Å²) >= 11 is 3.36. The van der Waals surface area contributed by atoms with Crippen LogP contribution in [0.2, 0.25) is 0 Å². The lowest BCUT2D eigenvalue weighted by atomic mass is 10.1. The number of hydrogen-bond donors (Lipinski definition) is 3. The van der Waals surface area contributed by atoms with E-state index in [2.05, 4.69) is 26.2 Å². The highest BCUT2D eigenvalue weighted by Gasteiger charge is 2.16. The summed E-state index contributed by atoms with van der Waals surface area (Å²) in [7, 11) is -2.91. The van der Waals surface area contributed by atoms with Crippen molar-refractivity contribution in [2.45, 2.75) is 11.8 Å². The van der Waals surface area contributed by atoms with E-state index in [1.54, 1.807) is 37.3 Å². The Morgan fingerprint density at radius 2 is 1.96 bits per heavy atom. The predicted molar refractivity (Wildman–Crippen MR) is 99.4 cm³/mol. The first-order valence-electron chi connectivity index (χ1n) is 7.20. The Balaban J connectivity index is 2.27. The third kappa shape index (κ3) is 3.49. The van der Waals surface area contributed by atoms with Gasteiger partial charge in [-0.3, -0.25) is 4.98 Å². The van der Waals surface area contributed by atoms with Gasteiger partial charge in [0, 0.05) is 16.1 Å². The quantitative estimate of drug-likeness (QED) is 0.556. The van der Waals surface area contributed by atoms with E-state index in [-0.39, 0.29) is 10.5 Å². The van der Waals surface area contributed by atoms with Crippen molar-refractivity contribution in [3.8, 4) is 0 Å². The lowest BCUT2D eigenvalue weighted by Crippen LogP contribution is -2.05. The molecule has 1 heterocycles. The second kappa shape index (κ2) is 6.81. The number of anilines is 2. The Morgan fingerprint density at radius 1 is 1.20 bits per heavy atom. The van der Waals surface area contributed by atoms with E-state index in [0.29, 0.717) is 22.3 Å². The zero-order valence-electron chi connectivity index (χ0n) is 13.0. The second-order valence-electron chi connectivity index (χ2n) is 5.42. The molecule has 0 aliphatic heterocycles. The largest absolute Gasteiger partial charge is 0.478 e. The summed E-state index contributed by atoms with van der Waals surface area (Å²) in [5, 5.41) is 13.0. The molecule has 0 unspecified atom stereocenters. The molecule has 2 aromatic carbocycles. The predicted octanol–water partition coefficient (Wildman–Crippen LogP) is 3.72. The normalized spacial score (nSPS) is 11.0. The fourth-order valence-electron chi connectivity index (χ4n) is 2.50. The maximum atomic E-state index is 11.6. The van der Waals surface area contributed by atoms with Gasteiger partial charge < -0.3 is 10.4 Å². The molecule has 0 saturated heterocycles. The summed E-state index contributed by atoms with van der Waals surface area (Å²) < 4.78 is 24.0. The molecule has 0 radical (unpaired) electrons. The Bertz CT molecular complexity index is 1070. The monoisotopic (exact) mass is 420 g/mol. The SMILES string of the molecule is Cc1ccc(Nc2c([SH](=O)=O)cnc3ccc(Br)cc23)c(C(=O)O)c1. The molecular weight excluding hydrogens is 408 g/mol. The summed E-state index contributed by atoms with van der Waals surface area (Å²) in [6, 6.07) is 10.2. The number of pyridine rings is 1. The van der Waals surface area contributed by atoms with E-state index in [4.69, 9.17) is 0 Å². The highest BCUT2D eigenvalue weighted by molar-refractivity contribution is 9.10. The highest BCUT2D eigenvalue weighted by Crippen LogP contribution is 2.33. The van der Waals surface area contributed by atoms with Crippen molar-refractivity contribution in [2.75, 3.05) is 5.32 Å². The van der Waals surface area contributed by atoms with Gasteiger partial charge in [-0.1, -0.05) is 27.6 Å². The van der Waals surface area contributed by atoms with Crippen molar-refractivity contribution < 1.29 is 18.3 Å². The van der Waals surface area contributed by atoms with Gasteiger partial charge >= 0.3 is 5.97 Å². The van der Waals surface area contributed by atoms with E-state index in [1.165, 1.54) is 12.3 Å². The molecule has 2 N–H and O–H groups in total. The number of nitrogens with zero attached hydrogens (tertiary/aromatic N) is 1. The standard InChI is InChI=1S/C17H13BrN2O4S/c1-9-2-4-14(12(6-9)17(21)22)20-16-11-7-10(18)3-5-13(11)19-8-15(16)25(23)24/h2-8,25H,1H3,(H,19,20)(H,21,22). The maximum Gasteiger partial charge on any atom is 0.337 e. The smallest absolute Gasteiger partial charge is 0.337 e.